The van der Waals surface area contributed by atoms with Gasteiger partial charge in [-0.15, -0.1) is 0 Å². The summed E-state index contributed by atoms with van der Waals surface area (Å²) in [7, 11) is 0. The van der Waals surface area contributed by atoms with Gasteiger partial charge in [0.05, 0.1) is 10.9 Å². The number of phenols is 1. The van der Waals surface area contributed by atoms with Crippen LogP contribution in [0, 0.1) is 0 Å². The Morgan fingerprint density at radius 3 is 2.03 bits per heavy atom. The maximum Gasteiger partial charge on any atom is 0.297 e. The smallest absolute Gasteiger partial charge is 0.297 e. The number of carbonyl (C=O) groups is 1. The first-order chi connectivity index (χ1) is 18.1. The molecular weight excluding hydrogens is 464 g/mol. The summed E-state index contributed by atoms with van der Waals surface area (Å²) in [5, 5.41) is 11.3. The summed E-state index contributed by atoms with van der Waals surface area (Å²) in [4.78, 5) is 37.4. The molecule has 1 aliphatic heterocycles. The quantitative estimate of drug-likeness (QED) is 0.374. The minimum atomic E-state index is -0.469. The van der Waals surface area contributed by atoms with Crippen molar-refractivity contribution in [3.8, 4) is 17.1 Å². The van der Waals surface area contributed by atoms with E-state index in [0.29, 0.717) is 39.3 Å². The van der Waals surface area contributed by atoms with Crippen LogP contribution in [0.3, 0.4) is 0 Å². The topological polar surface area (TPSA) is 87.8 Å². The van der Waals surface area contributed by atoms with E-state index in [2.05, 4.69) is 4.99 Å². The van der Waals surface area contributed by atoms with E-state index in [1.54, 1.807) is 36.4 Å². The fourth-order valence-electron chi connectivity index (χ4n) is 4.28. The van der Waals surface area contributed by atoms with Crippen LogP contribution in [0.1, 0.15) is 11.1 Å². The Hall–Kier alpha value is -5.30. The van der Waals surface area contributed by atoms with Crippen molar-refractivity contribution in [1.82, 2.24) is 9.66 Å². The normalized spacial score (nSPS) is 14.4. The number of para-hydroxylation sites is 1. The number of rotatable bonds is 4. The molecule has 1 amide bonds. The number of hydrogen-bond donors (Lipinski definition) is 1. The van der Waals surface area contributed by atoms with E-state index in [1.165, 1.54) is 21.8 Å². The van der Waals surface area contributed by atoms with Gasteiger partial charge in [-0.3, -0.25) is 9.59 Å². The number of phenolic OH excluding ortho intramolecular Hbond substituents is 1. The van der Waals surface area contributed by atoms with Gasteiger partial charge in [0.15, 0.2) is 11.7 Å². The Bertz CT molecular complexity index is 1760. The zero-order valence-electron chi connectivity index (χ0n) is 19.5. The van der Waals surface area contributed by atoms with Gasteiger partial charge in [-0.25, -0.2) is 9.98 Å². The molecule has 1 N–H and O–H groups in total. The standard InChI is InChI=1S/C30H20N4O3/c35-23-17-15-20(16-18-23)19-26-30(37)34(28(32-26)22-11-5-2-6-12-22)33-27(21-9-3-1-4-10-21)31-25-14-8-7-13-24(25)29(33)36/h1-19,35H/b26-19+. The Morgan fingerprint density at radius 1 is 0.703 bits per heavy atom. The van der Waals surface area contributed by atoms with E-state index < -0.39 is 5.91 Å². The summed E-state index contributed by atoms with van der Waals surface area (Å²) < 4.78 is 1.31. The predicted molar refractivity (Wildman–Crippen MR) is 144 cm³/mol. The van der Waals surface area contributed by atoms with Crippen LogP contribution in [0.5, 0.6) is 5.75 Å². The van der Waals surface area contributed by atoms with E-state index in [1.807, 2.05) is 66.7 Å². The van der Waals surface area contributed by atoms with Crippen molar-refractivity contribution in [2.75, 3.05) is 5.01 Å². The lowest BCUT2D eigenvalue weighted by atomic mass is 10.1. The average Bonchev–Trinajstić information content (AvgIpc) is 3.26. The third-order valence-corrected chi connectivity index (χ3v) is 6.05. The van der Waals surface area contributed by atoms with Gasteiger partial charge in [0, 0.05) is 11.1 Å². The summed E-state index contributed by atoms with van der Waals surface area (Å²) in [6.07, 6.45) is 1.63. The van der Waals surface area contributed by atoms with Crippen LogP contribution in [0.2, 0.25) is 0 Å². The van der Waals surface area contributed by atoms with Crippen molar-refractivity contribution in [3.05, 3.63) is 136 Å². The van der Waals surface area contributed by atoms with Gasteiger partial charge < -0.3 is 5.11 Å². The fourth-order valence-corrected chi connectivity index (χ4v) is 4.28. The molecule has 37 heavy (non-hydrogen) atoms. The minimum Gasteiger partial charge on any atom is -0.508 e. The van der Waals surface area contributed by atoms with Crippen LogP contribution in [0.15, 0.2) is 125 Å². The Kier molecular flexibility index (Phi) is 5.43. The number of aromatic hydroxyl groups is 1. The van der Waals surface area contributed by atoms with Gasteiger partial charge in [0.2, 0.25) is 0 Å². The van der Waals surface area contributed by atoms with Gasteiger partial charge in [-0.2, -0.15) is 9.69 Å². The number of nitrogens with zero attached hydrogens (tertiary/aromatic N) is 4. The van der Waals surface area contributed by atoms with Crippen molar-refractivity contribution in [2.24, 2.45) is 4.99 Å². The molecule has 178 valence electrons. The fraction of sp³-hybridized carbons (Fsp3) is 0. The summed E-state index contributed by atoms with van der Waals surface area (Å²) in [5.41, 5.74) is 2.35. The molecule has 0 radical (unpaired) electrons. The molecule has 0 saturated heterocycles. The molecule has 0 aliphatic carbocycles. The summed E-state index contributed by atoms with van der Waals surface area (Å²) >= 11 is 0. The van der Waals surface area contributed by atoms with E-state index in [0.717, 1.165) is 0 Å². The first-order valence-electron chi connectivity index (χ1n) is 11.7. The zero-order valence-corrected chi connectivity index (χ0v) is 19.5. The van der Waals surface area contributed by atoms with Crippen LogP contribution >= 0.6 is 0 Å². The minimum absolute atomic E-state index is 0.122. The summed E-state index contributed by atoms with van der Waals surface area (Å²) in [6.45, 7) is 0. The summed E-state index contributed by atoms with van der Waals surface area (Å²) in [5.74, 6) is 0.290. The third kappa shape index (κ3) is 3.98. The molecule has 7 heteroatoms. The molecule has 7 nitrogen and oxygen atoms in total. The molecule has 1 aliphatic rings. The molecule has 0 spiro atoms. The Balaban J connectivity index is 1.62. The lowest BCUT2D eigenvalue weighted by Gasteiger charge is -2.23. The molecule has 0 unspecified atom stereocenters. The molecule has 0 bridgehead atoms. The number of hydrogen-bond acceptors (Lipinski definition) is 5. The Morgan fingerprint density at radius 2 is 1.32 bits per heavy atom. The van der Waals surface area contributed by atoms with Crippen molar-refractivity contribution in [1.29, 1.82) is 0 Å². The van der Waals surface area contributed by atoms with Crippen LogP contribution in [-0.4, -0.2) is 26.5 Å². The van der Waals surface area contributed by atoms with E-state index in [9.17, 15) is 14.7 Å². The maximum atomic E-state index is 14.0. The first-order valence-corrected chi connectivity index (χ1v) is 11.7. The first kappa shape index (κ1) is 22.2. The van der Waals surface area contributed by atoms with Gasteiger partial charge in [-0.1, -0.05) is 84.9 Å². The number of aromatic nitrogens is 2. The monoisotopic (exact) mass is 484 g/mol. The number of amides is 1. The van der Waals surface area contributed by atoms with Crippen LogP contribution in [0.25, 0.3) is 28.4 Å². The van der Waals surface area contributed by atoms with E-state index in [-0.39, 0.29) is 17.0 Å². The van der Waals surface area contributed by atoms with Crippen LogP contribution < -0.4 is 10.6 Å². The second-order valence-electron chi connectivity index (χ2n) is 8.48. The van der Waals surface area contributed by atoms with Crippen LogP contribution in [-0.2, 0) is 4.79 Å². The molecule has 0 atom stereocenters. The third-order valence-electron chi connectivity index (χ3n) is 6.05. The molecule has 0 fully saturated rings. The second-order valence-corrected chi connectivity index (χ2v) is 8.48. The highest BCUT2D eigenvalue weighted by Crippen LogP contribution is 2.26. The number of aliphatic imine (C=N–C) groups is 1. The molecule has 2 heterocycles. The molecular formula is C30H20N4O3. The van der Waals surface area contributed by atoms with Gasteiger partial charge >= 0.3 is 0 Å². The molecule has 5 aromatic rings. The maximum absolute atomic E-state index is 14.0. The number of amidine groups is 1. The van der Waals surface area contributed by atoms with Gasteiger partial charge in [0.1, 0.15) is 11.4 Å². The Labute approximate surface area is 211 Å². The highest BCUT2D eigenvalue weighted by Gasteiger charge is 2.35. The largest absolute Gasteiger partial charge is 0.508 e. The number of fused-ring (bicyclic) bond motifs is 1. The van der Waals surface area contributed by atoms with Crippen LogP contribution in [0.4, 0.5) is 0 Å². The lowest BCUT2D eigenvalue weighted by molar-refractivity contribution is -0.115. The van der Waals surface area contributed by atoms with E-state index in [4.69, 9.17) is 4.98 Å². The molecule has 6 rings (SSSR count). The SMILES string of the molecule is O=C1/C(=C\c2ccc(O)cc2)N=C(c2ccccc2)N1n1c(-c2ccccc2)nc2ccccc2c1=O. The van der Waals surface area contributed by atoms with Crippen molar-refractivity contribution in [2.45, 2.75) is 0 Å². The molecule has 4 aromatic carbocycles. The second kappa shape index (κ2) is 9.05. The van der Waals surface area contributed by atoms with Gasteiger partial charge in [0.25, 0.3) is 11.5 Å². The highest BCUT2D eigenvalue weighted by molar-refractivity contribution is 6.29. The van der Waals surface area contributed by atoms with Gasteiger partial charge in [-0.05, 0) is 35.9 Å². The average molecular weight is 485 g/mol. The van der Waals surface area contributed by atoms with Crippen molar-refractivity contribution >= 4 is 28.7 Å². The van der Waals surface area contributed by atoms with E-state index >= 15 is 0 Å². The molecule has 0 saturated carbocycles. The van der Waals surface area contributed by atoms with Crippen molar-refractivity contribution in [3.63, 3.8) is 0 Å². The number of carbonyl (C=O) groups excluding carboxylic acids is 1. The lowest BCUT2D eigenvalue weighted by Crippen LogP contribution is -2.49. The van der Waals surface area contributed by atoms with Crippen molar-refractivity contribution < 1.29 is 9.90 Å². The summed E-state index contributed by atoms with van der Waals surface area (Å²) in [6, 6.07) is 32.1. The number of benzene rings is 4. The predicted octanol–water partition coefficient (Wildman–Crippen LogP) is 4.74. The molecule has 1 aromatic heterocycles. The zero-order chi connectivity index (χ0) is 25.4. The highest BCUT2D eigenvalue weighted by atomic mass is 16.3.